The van der Waals surface area contributed by atoms with E-state index in [2.05, 4.69) is 0 Å². The summed E-state index contributed by atoms with van der Waals surface area (Å²) in [6.45, 7) is 4.46. The van der Waals surface area contributed by atoms with Crippen molar-refractivity contribution < 1.29 is 18.7 Å². The molecule has 0 N–H and O–H groups in total. The zero-order valence-electron chi connectivity index (χ0n) is 13.3. The van der Waals surface area contributed by atoms with Crippen LogP contribution in [0.3, 0.4) is 0 Å². The molecule has 3 nitrogen and oxygen atoms in total. The molecule has 1 fully saturated rings. The summed E-state index contributed by atoms with van der Waals surface area (Å²) >= 11 is 0. The smallest absolute Gasteiger partial charge is 0.153 e. The highest BCUT2D eigenvalue weighted by molar-refractivity contribution is 5.80. The Balaban J connectivity index is 0.000000326. The van der Waals surface area contributed by atoms with Crippen LogP contribution in [-0.4, -0.2) is 26.1 Å². The van der Waals surface area contributed by atoms with Crippen molar-refractivity contribution in [2.24, 2.45) is 0 Å². The monoisotopic (exact) mass is 316 g/mol. The Labute approximate surface area is 136 Å². The van der Waals surface area contributed by atoms with E-state index in [-0.39, 0.29) is 5.56 Å². The summed E-state index contributed by atoms with van der Waals surface area (Å²) in [6.07, 6.45) is 3.07. The second-order valence-electron chi connectivity index (χ2n) is 5.10. The summed E-state index contributed by atoms with van der Waals surface area (Å²) in [6, 6.07) is 11.9. The number of carbonyl (C=O) groups is 1. The van der Waals surface area contributed by atoms with Crippen LogP contribution >= 0.6 is 0 Å². The molecule has 2 aromatic carbocycles. The molecule has 0 unspecified atom stereocenters. The van der Waals surface area contributed by atoms with Crippen molar-refractivity contribution in [3.63, 3.8) is 0 Å². The molecule has 0 amide bonds. The fraction of sp³-hybridized carbons (Fsp3) is 0.316. The molecule has 23 heavy (non-hydrogen) atoms. The quantitative estimate of drug-likeness (QED) is 0.779. The van der Waals surface area contributed by atoms with Crippen molar-refractivity contribution in [1.82, 2.24) is 0 Å². The molecule has 0 aromatic heterocycles. The van der Waals surface area contributed by atoms with E-state index >= 15 is 0 Å². The van der Waals surface area contributed by atoms with Crippen LogP contribution in [0.5, 0.6) is 5.75 Å². The maximum Gasteiger partial charge on any atom is 0.153 e. The molecular weight excluding hydrogens is 295 g/mol. The number of ether oxygens (including phenoxy) is 2. The first-order valence-electron chi connectivity index (χ1n) is 7.81. The minimum absolute atomic E-state index is 0.0544. The van der Waals surface area contributed by atoms with E-state index in [4.69, 9.17) is 9.47 Å². The van der Waals surface area contributed by atoms with Gasteiger partial charge in [-0.1, -0.05) is 24.3 Å². The number of aldehydes is 1. The van der Waals surface area contributed by atoms with Crippen LogP contribution in [0.2, 0.25) is 0 Å². The van der Waals surface area contributed by atoms with Crippen LogP contribution < -0.4 is 4.74 Å². The number of benzene rings is 2. The van der Waals surface area contributed by atoms with E-state index in [1.807, 2.05) is 31.2 Å². The Morgan fingerprint density at radius 2 is 1.91 bits per heavy atom. The van der Waals surface area contributed by atoms with E-state index in [0.717, 1.165) is 30.1 Å². The van der Waals surface area contributed by atoms with E-state index in [1.165, 1.54) is 25.0 Å². The van der Waals surface area contributed by atoms with Crippen LogP contribution in [0.15, 0.2) is 42.5 Å². The average molecular weight is 316 g/mol. The summed E-state index contributed by atoms with van der Waals surface area (Å²) < 4.78 is 23.7. The molecule has 122 valence electrons. The summed E-state index contributed by atoms with van der Waals surface area (Å²) in [5.74, 6) is 0.214. The second kappa shape index (κ2) is 9.06. The van der Waals surface area contributed by atoms with Gasteiger partial charge in [-0.2, -0.15) is 0 Å². The van der Waals surface area contributed by atoms with Gasteiger partial charge in [-0.25, -0.2) is 4.39 Å². The Hall–Kier alpha value is -2.20. The molecule has 1 aliphatic heterocycles. The highest BCUT2D eigenvalue weighted by atomic mass is 19.1. The predicted octanol–water partition coefficient (Wildman–Crippen LogP) is 4.50. The number of para-hydroxylation sites is 1. The van der Waals surface area contributed by atoms with E-state index < -0.39 is 5.82 Å². The maximum atomic E-state index is 13.3. The van der Waals surface area contributed by atoms with Crippen LogP contribution in [-0.2, 0) is 4.74 Å². The zero-order chi connectivity index (χ0) is 16.5. The van der Waals surface area contributed by atoms with Crippen LogP contribution in [0.4, 0.5) is 4.39 Å². The van der Waals surface area contributed by atoms with Gasteiger partial charge in [-0.3, -0.25) is 4.79 Å². The van der Waals surface area contributed by atoms with E-state index in [1.54, 1.807) is 6.07 Å². The van der Waals surface area contributed by atoms with Crippen molar-refractivity contribution in [2.45, 2.75) is 19.8 Å². The fourth-order valence-corrected chi connectivity index (χ4v) is 2.30. The maximum absolute atomic E-state index is 13.3. The first-order chi connectivity index (χ1) is 11.3. The highest BCUT2D eigenvalue weighted by Gasteiger charge is 2.08. The van der Waals surface area contributed by atoms with Crippen LogP contribution in [0.1, 0.15) is 30.1 Å². The van der Waals surface area contributed by atoms with Gasteiger partial charge in [0.05, 0.1) is 12.2 Å². The summed E-state index contributed by atoms with van der Waals surface area (Å²) in [5.41, 5.74) is 1.67. The van der Waals surface area contributed by atoms with Gasteiger partial charge < -0.3 is 9.47 Å². The van der Waals surface area contributed by atoms with Crippen molar-refractivity contribution in [1.29, 1.82) is 0 Å². The molecule has 0 atom stereocenters. The number of hydrogen-bond acceptors (Lipinski definition) is 3. The molecule has 2 aromatic rings. The third-order valence-corrected chi connectivity index (χ3v) is 3.45. The zero-order valence-corrected chi connectivity index (χ0v) is 13.3. The van der Waals surface area contributed by atoms with E-state index in [0.29, 0.717) is 12.9 Å². The van der Waals surface area contributed by atoms with Crippen molar-refractivity contribution in [2.75, 3.05) is 19.8 Å². The third-order valence-electron chi connectivity index (χ3n) is 3.45. The number of rotatable bonds is 4. The normalized spacial score (nSPS) is 13.1. The second-order valence-corrected chi connectivity index (χ2v) is 5.10. The molecule has 1 saturated heterocycles. The summed E-state index contributed by atoms with van der Waals surface area (Å²) in [4.78, 5) is 10.8. The molecule has 0 spiro atoms. The Morgan fingerprint density at radius 1 is 1.17 bits per heavy atom. The number of hydrogen-bond donors (Lipinski definition) is 0. The topological polar surface area (TPSA) is 35.5 Å². The lowest BCUT2D eigenvalue weighted by atomic mass is 10.0. The van der Waals surface area contributed by atoms with Gasteiger partial charge in [0.1, 0.15) is 11.6 Å². The molecule has 1 heterocycles. The number of halogens is 1. The largest absolute Gasteiger partial charge is 0.493 e. The lowest BCUT2D eigenvalue weighted by Gasteiger charge is -2.10. The van der Waals surface area contributed by atoms with Gasteiger partial charge in [0.2, 0.25) is 0 Å². The van der Waals surface area contributed by atoms with Crippen LogP contribution in [0, 0.1) is 5.82 Å². The summed E-state index contributed by atoms with van der Waals surface area (Å²) in [7, 11) is 0. The lowest BCUT2D eigenvalue weighted by Crippen LogP contribution is -1.95. The average Bonchev–Trinajstić information content (AvgIpc) is 3.16. The Kier molecular flexibility index (Phi) is 6.76. The molecule has 0 radical (unpaired) electrons. The van der Waals surface area contributed by atoms with Crippen LogP contribution in [0.25, 0.3) is 11.1 Å². The molecular formula is C19H21FO3. The molecule has 3 rings (SSSR count). The van der Waals surface area contributed by atoms with E-state index in [9.17, 15) is 9.18 Å². The van der Waals surface area contributed by atoms with Gasteiger partial charge >= 0.3 is 0 Å². The highest BCUT2D eigenvalue weighted by Crippen LogP contribution is 2.30. The van der Waals surface area contributed by atoms with Gasteiger partial charge in [-0.15, -0.1) is 0 Å². The standard InChI is InChI=1S/C15H13FO2.C4H8O/c1-2-18-15-6-4-3-5-13(15)11-7-8-14(16)12(9-11)10-17;1-2-4-5-3-1/h3-10H,2H2,1H3;1-4H2. The molecule has 0 saturated carbocycles. The summed E-state index contributed by atoms with van der Waals surface area (Å²) in [5, 5.41) is 0. The molecule has 1 aliphatic rings. The van der Waals surface area contributed by atoms with Crippen molar-refractivity contribution in [3.8, 4) is 16.9 Å². The minimum Gasteiger partial charge on any atom is -0.493 e. The van der Waals surface area contributed by atoms with Crippen molar-refractivity contribution in [3.05, 3.63) is 53.8 Å². The lowest BCUT2D eigenvalue weighted by molar-refractivity contribution is 0.112. The van der Waals surface area contributed by atoms with Gasteiger partial charge in [0.25, 0.3) is 0 Å². The molecule has 0 aliphatic carbocycles. The minimum atomic E-state index is -0.511. The number of carbonyl (C=O) groups excluding carboxylic acids is 1. The Morgan fingerprint density at radius 3 is 2.52 bits per heavy atom. The fourth-order valence-electron chi connectivity index (χ4n) is 2.30. The van der Waals surface area contributed by atoms with Gasteiger partial charge in [-0.05, 0) is 43.5 Å². The van der Waals surface area contributed by atoms with Gasteiger partial charge in [0.15, 0.2) is 6.29 Å². The SMILES string of the molecule is C1CCOC1.CCOc1ccccc1-c1ccc(F)c(C=O)c1. The molecule has 4 heteroatoms. The van der Waals surface area contributed by atoms with Crippen molar-refractivity contribution >= 4 is 6.29 Å². The molecule has 0 bridgehead atoms. The predicted molar refractivity (Wildman–Crippen MR) is 88.4 cm³/mol. The first-order valence-corrected chi connectivity index (χ1v) is 7.81. The first kappa shape index (κ1) is 17.2. The van der Waals surface area contributed by atoms with Gasteiger partial charge in [0, 0.05) is 18.8 Å². The third kappa shape index (κ3) is 4.89. The Bertz CT molecular complexity index is 629.